The molecule has 2 aromatic carbocycles. The fourth-order valence-corrected chi connectivity index (χ4v) is 1.64. The third-order valence-corrected chi connectivity index (χ3v) is 2.45. The Bertz CT molecular complexity index is 521. The molecule has 0 heterocycles. The van der Waals surface area contributed by atoms with Gasteiger partial charge in [-0.05, 0) is 29.3 Å². The second-order valence-electron chi connectivity index (χ2n) is 3.67. The van der Waals surface area contributed by atoms with Crippen molar-refractivity contribution in [3.05, 3.63) is 54.1 Å². The summed E-state index contributed by atoms with van der Waals surface area (Å²) in [6, 6.07) is 11.8. The largest absolute Gasteiger partial charge is 0.417 e. The Morgan fingerprint density at radius 3 is 1.94 bits per heavy atom. The van der Waals surface area contributed by atoms with E-state index in [-0.39, 0.29) is 18.0 Å². The van der Waals surface area contributed by atoms with Gasteiger partial charge in [-0.2, -0.15) is 13.2 Å². The van der Waals surface area contributed by atoms with Crippen molar-refractivity contribution in [3.8, 4) is 11.1 Å². The van der Waals surface area contributed by atoms with Gasteiger partial charge in [-0.25, -0.2) is 0 Å². The number of hydrogen-bond donors (Lipinski definition) is 1. The molecule has 0 atom stereocenters. The summed E-state index contributed by atoms with van der Waals surface area (Å²) in [5, 5.41) is 0. The van der Waals surface area contributed by atoms with Gasteiger partial charge in [0.25, 0.3) is 0 Å². The van der Waals surface area contributed by atoms with Crippen LogP contribution < -0.4 is 5.73 Å². The molecular weight excluding hydrogens is 263 g/mol. The van der Waals surface area contributed by atoms with E-state index in [0.29, 0.717) is 11.3 Å². The molecule has 0 spiro atoms. The smallest absolute Gasteiger partial charge is 0.399 e. The van der Waals surface area contributed by atoms with Crippen molar-refractivity contribution in [2.75, 3.05) is 5.73 Å². The molecule has 0 radical (unpaired) electrons. The van der Waals surface area contributed by atoms with Crippen LogP contribution in [-0.4, -0.2) is 0 Å². The average molecular weight is 274 g/mol. The summed E-state index contributed by atoms with van der Waals surface area (Å²) in [6.45, 7) is 0. The number of anilines is 1. The number of nitrogen functional groups attached to an aromatic ring is 1. The predicted octanol–water partition coefficient (Wildman–Crippen LogP) is 4.38. The Kier molecular flexibility index (Phi) is 4.24. The molecule has 96 valence electrons. The first-order chi connectivity index (χ1) is 7.98. The number of alkyl halides is 3. The summed E-state index contributed by atoms with van der Waals surface area (Å²) in [5.41, 5.74) is 6.07. The highest BCUT2D eigenvalue weighted by molar-refractivity contribution is 5.85. The van der Waals surface area contributed by atoms with Crippen LogP contribution in [-0.2, 0) is 6.18 Å². The lowest BCUT2D eigenvalue weighted by Gasteiger charge is -2.12. The van der Waals surface area contributed by atoms with Crippen molar-refractivity contribution < 1.29 is 13.2 Å². The molecule has 0 aliphatic rings. The van der Waals surface area contributed by atoms with Gasteiger partial charge >= 0.3 is 6.18 Å². The highest BCUT2D eigenvalue weighted by Crippen LogP contribution is 2.36. The molecule has 2 rings (SSSR count). The summed E-state index contributed by atoms with van der Waals surface area (Å²) in [5.74, 6) is 0. The minimum Gasteiger partial charge on any atom is -0.399 e. The van der Waals surface area contributed by atoms with Crippen LogP contribution in [0.5, 0.6) is 0 Å². The summed E-state index contributed by atoms with van der Waals surface area (Å²) >= 11 is 0. The third kappa shape index (κ3) is 2.96. The molecule has 0 amide bonds. The SMILES string of the molecule is Cl.Nc1ccc(-c2ccccc2C(F)(F)F)cc1. The molecule has 0 aliphatic heterocycles. The van der Waals surface area contributed by atoms with Gasteiger partial charge < -0.3 is 5.73 Å². The van der Waals surface area contributed by atoms with E-state index in [2.05, 4.69) is 0 Å². The van der Waals surface area contributed by atoms with E-state index in [1.165, 1.54) is 12.1 Å². The lowest BCUT2D eigenvalue weighted by molar-refractivity contribution is -0.137. The van der Waals surface area contributed by atoms with Crippen LogP contribution in [0.25, 0.3) is 11.1 Å². The van der Waals surface area contributed by atoms with Gasteiger partial charge in [0.1, 0.15) is 0 Å². The lowest BCUT2D eigenvalue weighted by atomic mass is 9.99. The Hall–Kier alpha value is -1.68. The Morgan fingerprint density at radius 2 is 1.39 bits per heavy atom. The average Bonchev–Trinajstić information content (AvgIpc) is 2.29. The molecule has 0 aromatic heterocycles. The number of nitrogens with two attached hydrogens (primary N) is 1. The summed E-state index contributed by atoms with van der Waals surface area (Å²) < 4.78 is 38.4. The van der Waals surface area contributed by atoms with Gasteiger partial charge in [0.15, 0.2) is 0 Å². The molecule has 0 bridgehead atoms. The Morgan fingerprint density at radius 1 is 0.833 bits per heavy atom. The predicted molar refractivity (Wildman–Crippen MR) is 68.5 cm³/mol. The first kappa shape index (κ1) is 14.4. The van der Waals surface area contributed by atoms with E-state index in [4.69, 9.17) is 5.73 Å². The fraction of sp³-hybridized carbons (Fsp3) is 0.0769. The zero-order chi connectivity index (χ0) is 12.5. The molecule has 0 fully saturated rings. The zero-order valence-electron chi connectivity index (χ0n) is 9.24. The molecule has 18 heavy (non-hydrogen) atoms. The molecule has 2 N–H and O–H groups in total. The Labute approximate surface area is 109 Å². The molecule has 1 nitrogen and oxygen atoms in total. The van der Waals surface area contributed by atoms with Crippen LogP contribution in [0.1, 0.15) is 5.56 Å². The summed E-state index contributed by atoms with van der Waals surface area (Å²) in [4.78, 5) is 0. The van der Waals surface area contributed by atoms with Crippen LogP contribution in [0.4, 0.5) is 18.9 Å². The summed E-state index contributed by atoms with van der Waals surface area (Å²) in [7, 11) is 0. The van der Waals surface area contributed by atoms with Crippen molar-refractivity contribution in [2.24, 2.45) is 0 Å². The standard InChI is InChI=1S/C13H10F3N.ClH/c14-13(15,16)12-4-2-1-3-11(12)9-5-7-10(17)8-6-9;/h1-8H,17H2;1H. The van der Waals surface area contributed by atoms with Crippen molar-refractivity contribution in [3.63, 3.8) is 0 Å². The molecule has 0 aliphatic carbocycles. The number of halogens is 4. The normalized spacial score (nSPS) is 10.8. The molecular formula is C13H11ClF3N. The van der Waals surface area contributed by atoms with Crippen LogP contribution in [0.15, 0.2) is 48.5 Å². The maximum absolute atomic E-state index is 12.8. The monoisotopic (exact) mass is 273 g/mol. The Balaban J connectivity index is 0.00000162. The van der Waals surface area contributed by atoms with Crippen molar-refractivity contribution in [2.45, 2.75) is 6.18 Å². The minimum absolute atomic E-state index is 0. The van der Waals surface area contributed by atoms with Crippen LogP contribution >= 0.6 is 12.4 Å². The zero-order valence-corrected chi connectivity index (χ0v) is 10.1. The fourth-order valence-electron chi connectivity index (χ4n) is 1.64. The molecule has 0 saturated heterocycles. The van der Waals surface area contributed by atoms with Crippen LogP contribution in [0.3, 0.4) is 0 Å². The van der Waals surface area contributed by atoms with E-state index in [9.17, 15) is 13.2 Å². The lowest BCUT2D eigenvalue weighted by Crippen LogP contribution is -2.06. The number of hydrogen-bond acceptors (Lipinski definition) is 1. The topological polar surface area (TPSA) is 26.0 Å². The summed E-state index contributed by atoms with van der Waals surface area (Å²) in [6.07, 6.45) is -4.35. The highest BCUT2D eigenvalue weighted by atomic mass is 35.5. The first-order valence-corrected chi connectivity index (χ1v) is 5.00. The first-order valence-electron chi connectivity index (χ1n) is 5.00. The second-order valence-corrected chi connectivity index (χ2v) is 3.67. The van der Waals surface area contributed by atoms with E-state index in [1.807, 2.05) is 0 Å². The van der Waals surface area contributed by atoms with Gasteiger partial charge in [-0.3, -0.25) is 0 Å². The van der Waals surface area contributed by atoms with Crippen LogP contribution in [0.2, 0.25) is 0 Å². The molecule has 0 saturated carbocycles. The van der Waals surface area contributed by atoms with Gasteiger partial charge in [0, 0.05) is 5.69 Å². The van der Waals surface area contributed by atoms with Gasteiger partial charge in [-0.1, -0.05) is 30.3 Å². The van der Waals surface area contributed by atoms with E-state index >= 15 is 0 Å². The van der Waals surface area contributed by atoms with E-state index in [1.54, 1.807) is 30.3 Å². The van der Waals surface area contributed by atoms with E-state index < -0.39 is 11.7 Å². The quantitative estimate of drug-likeness (QED) is 0.767. The van der Waals surface area contributed by atoms with Gasteiger partial charge in [-0.15, -0.1) is 12.4 Å². The molecule has 5 heteroatoms. The maximum Gasteiger partial charge on any atom is 0.417 e. The van der Waals surface area contributed by atoms with Gasteiger partial charge in [0.05, 0.1) is 5.56 Å². The molecule has 0 unspecified atom stereocenters. The second kappa shape index (κ2) is 5.31. The molecule has 2 aromatic rings. The van der Waals surface area contributed by atoms with Crippen molar-refractivity contribution >= 4 is 18.1 Å². The van der Waals surface area contributed by atoms with Crippen LogP contribution in [0, 0.1) is 0 Å². The maximum atomic E-state index is 12.8. The third-order valence-electron chi connectivity index (χ3n) is 2.45. The number of benzene rings is 2. The van der Waals surface area contributed by atoms with Gasteiger partial charge in [0.2, 0.25) is 0 Å². The number of rotatable bonds is 1. The van der Waals surface area contributed by atoms with Crippen molar-refractivity contribution in [1.82, 2.24) is 0 Å². The van der Waals surface area contributed by atoms with Crippen molar-refractivity contribution in [1.29, 1.82) is 0 Å². The minimum atomic E-state index is -4.35. The highest BCUT2D eigenvalue weighted by Gasteiger charge is 2.33. The van der Waals surface area contributed by atoms with E-state index in [0.717, 1.165) is 6.07 Å².